The molecule has 2 aromatic rings. The number of pyridine rings is 1. The van der Waals surface area contributed by atoms with Crippen LogP contribution in [0.2, 0.25) is 0 Å². The zero-order valence-corrected chi connectivity index (χ0v) is 16.8. The summed E-state index contributed by atoms with van der Waals surface area (Å²) < 4.78 is 48.1. The number of carbonyl (C=O) groups is 2. The van der Waals surface area contributed by atoms with E-state index in [0.717, 1.165) is 12.1 Å². The van der Waals surface area contributed by atoms with Crippen molar-refractivity contribution in [3.05, 3.63) is 53.7 Å². The summed E-state index contributed by atoms with van der Waals surface area (Å²) in [4.78, 5) is 29.4. The third kappa shape index (κ3) is 6.09. The zero-order chi connectivity index (χ0) is 22.4. The monoisotopic (exact) mass is 437 g/mol. The second-order valence-electron chi connectivity index (χ2n) is 6.94. The predicted octanol–water partition coefficient (Wildman–Crippen LogP) is 4.24. The number of likely N-dealkylation sites (tertiary alicyclic amines) is 1. The van der Waals surface area contributed by atoms with E-state index in [1.807, 2.05) is 0 Å². The van der Waals surface area contributed by atoms with Crippen molar-refractivity contribution in [3.63, 3.8) is 0 Å². The predicted molar refractivity (Wildman–Crippen MR) is 105 cm³/mol. The van der Waals surface area contributed by atoms with Gasteiger partial charge < -0.3 is 19.7 Å². The van der Waals surface area contributed by atoms with Gasteiger partial charge in [-0.1, -0.05) is 0 Å². The smallest absolute Gasteiger partial charge is 0.417 e. The highest BCUT2D eigenvalue weighted by molar-refractivity contribution is 5.94. The highest BCUT2D eigenvalue weighted by Gasteiger charge is 2.30. The minimum atomic E-state index is -4.46. The summed E-state index contributed by atoms with van der Waals surface area (Å²) in [6.45, 7) is 3.10. The van der Waals surface area contributed by atoms with Crippen molar-refractivity contribution in [3.8, 4) is 11.6 Å². The minimum Gasteiger partial charge on any atom is -0.450 e. The van der Waals surface area contributed by atoms with E-state index in [1.54, 1.807) is 24.0 Å². The van der Waals surface area contributed by atoms with Crippen molar-refractivity contribution >= 4 is 12.0 Å². The molecule has 31 heavy (non-hydrogen) atoms. The number of benzene rings is 1. The molecule has 0 bridgehead atoms. The van der Waals surface area contributed by atoms with Gasteiger partial charge in [0.05, 0.1) is 12.2 Å². The molecule has 0 spiro atoms. The summed E-state index contributed by atoms with van der Waals surface area (Å²) in [6.07, 6.45) is -2.85. The molecule has 1 aromatic heterocycles. The Labute approximate surface area is 177 Å². The maximum atomic E-state index is 12.6. The first-order valence-corrected chi connectivity index (χ1v) is 9.80. The van der Waals surface area contributed by atoms with Gasteiger partial charge in [0.15, 0.2) is 0 Å². The van der Waals surface area contributed by atoms with Crippen molar-refractivity contribution in [2.45, 2.75) is 32.0 Å². The molecule has 3 rings (SSSR count). The number of ether oxygens (including phenoxy) is 2. The number of carbonyl (C=O) groups excluding carboxylic acids is 2. The third-order valence-corrected chi connectivity index (χ3v) is 4.76. The van der Waals surface area contributed by atoms with Gasteiger partial charge in [-0.15, -0.1) is 0 Å². The van der Waals surface area contributed by atoms with Crippen LogP contribution in [0.4, 0.5) is 18.0 Å². The van der Waals surface area contributed by atoms with E-state index < -0.39 is 11.7 Å². The van der Waals surface area contributed by atoms with Crippen LogP contribution in [0.25, 0.3) is 0 Å². The Morgan fingerprint density at radius 1 is 1.13 bits per heavy atom. The largest absolute Gasteiger partial charge is 0.450 e. The molecule has 2 amide bonds. The van der Waals surface area contributed by atoms with E-state index in [4.69, 9.17) is 9.47 Å². The highest BCUT2D eigenvalue weighted by atomic mass is 19.4. The van der Waals surface area contributed by atoms with Crippen molar-refractivity contribution in [2.75, 3.05) is 19.7 Å². The molecule has 0 atom stereocenters. The van der Waals surface area contributed by atoms with E-state index in [-0.39, 0.29) is 23.9 Å². The van der Waals surface area contributed by atoms with Crippen LogP contribution in [0.15, 0.2) is 42.6 Å². The summed E-state index contributed by atoms with van der Waals surface area (Å²) in [5.74, 6) is 0.0962. The van der Waals surface area contributed by atoms with Gasteiger partial charge in [-0.3, -0.25) is 4.79 Å². The van der Waals surface area contributed by atoms with Gasteiger partial charge in [0.1, 0.15) is 5.75 Å². The molecule has 2 heterocycles. The summed E-state index contributed by atoms with van der Waals surface area (Å²) in [7, 11) is 0. The Morgan fingerprint density at radius 3 is 2.35 bits per heavy atom. The minimum absolute atomic E-state index is 0.0126. The van der Waals surface area contributed by atoms with Gasteiger partial charge in [0, 0.05) is 37.0 Å². The number of hydrogen-bond donors (Lipinski definition) is 1. The first-order valence-electron chi connectivity index (χ1n) is 9.80. The SMILES string of the molecule is CCOC(=O)N1CCC(NC(=O)c2ccc(Oc3ccc(C(F)(F)F)cn3)cc2)CC1. The molecule has 0 saturated carbocycles. The number of nitrogens with one attached hydrogen (secondary N) is 1. The van der Waals surface area contributed by atoms with Crippen molar-refractivity contribution < 1.29 is 32.2 Å². The van der Waals surface area contributed by atoms with Gasteiger partial charge in [-0.2, -0.15) is 13.2 Å². The van der Waals surface area contributed by atoms with Gasteiger partial charge in [0.2, 0.25) is 5.88 Å². The molecule has 1 N–H and O–H groups in total. The lowest BCUT2D eigenvalue weighted by Crippen LogP contribution is -2.46. The van der Waals surface area contributed by atoms with E-state index in [1.165, 1.54) is 12.1 Å². The average molecular weight is 437 g/mol. The van der Waals surface area contributed by atoms with E-state index >= 15 is 0 Å². The molecule has 1 saturated heterocycles. The lowest BCUT2D eigenvalue weighted by molar-refractivity contribution is -0.137. The molecule has 7 nitrogen and oxygen atoms in total. The number of hydrogen-bond acceptors (Lipinski definition) is 5. The molecule has 10 heteroatoms. The standard InChI is InChI=1S/C21H22F3N3O4/c1-2-30-20(29)27-11-9-16(10-12-27)26-19(28)14-3-6-17(7-4-14)31-18-8-5-15(13-25-18)21(22,23)24/h3-8,13,16H,2,9-12H2,1H3,(H,26,28). The Balaban J connectivity index is 1.51. The summed E-state index contributed by atoms with van der Waals surface area (Å²) >= 11 is 0. The molecule has 0 radical (unpaired) electrons. The number of amides is 2. The summed E-state index contributed by atoms with van der Waals surface area (Å²) in [5.41, 5.74) is -0.444. The number of halogens is 3. The Bertz CT molecular complexity index is 894. The number of piperidine rings is 1. The van der Waals surface area contributed by atoms with Crippen molar-refractivity contribution in [2.24, 2.45) is 0 Å². The van der Waals surface area contributed by atoms with Crippen molar-refractivity contribution in [1.29, 1.82) is 0 Å². The highest BCUT2D eigenvalue weighted by Crippen LogP contribution is 2.30. The molecule has 0 aliphatic carbocycles. The summed E-state index contributed by atoms with van der Waals surface area (Å²) in [5, 5.41) is 2.94. The second kappa shape index (κ2) is 9.67. The lowest BCUT2D eigenvalue weighted by Gasteiger charge is -2.31. The molecule has 1 aromatic carbocycles. The number of rotatable bonds is 5. The molecule has 1 aliphatic rings. The molecule has 1 aliphatic heterocycles. The van der Waals surface area contributed by atoms with Crippen LogP contribution < -0.4 is 10.1 Å². The first kappa shape index (κ1) is 22.4. The number of alkyl halides is 3. The van der Waals surface area contributed by atoms with Gasteiger partial charge in [0.25, 0.3) is 5.91 Å². The summed E-state index contributed by atoms with van der Waals surface area (Å²) in [6, 6.07) is 8.16. The first-order chi connectivity index (χ1) is 14.8. The Kier molecular flexibility index (Phi) is 6.98. The van der Waals surface area contributed by atoms with Crippen LogP contribution in [0.1, 0.15) is 35.7 Å². The molecular formula is C21H22F3N3O4. The molecule has 1 fully saturated rings. The quantitative estimate of drug-likeness (QED) is 0.757. The van der Waals surface area contributed by atoms with Crippen LogP contribution in [-0.4, -0.2) is 47.6 Å². The average Bonchev–Trinajstić information content (AvgIpc) is 2.74. The van der Waals surface area contributed by atoms with Crippen molar-refractivity contribution in [1.82, 2.24) is 15.2 Å². The van der Waals surface area contributed by atoms with Crippen LogP contribution in [0.5, 0.6) is 11.6 Å². The number of aromatic nitrogens is 1. The fraction of sp³-hybridized carbons (Fsp3) is 0.381. The lowest BCUT2D eigenvalue weighted by atomic mass is 10.0. The Hall–Kier alpha value is -3.30. The second-order valence-corrected chi connectivity index (χ2v) is 6.94. The Morgan fingerprint density at radius 2 is 1.81 bits per heavy atom. The maximum absolute atomic E-state index is 12.6. The van der Waals surface area contributed by atoms with E-state index in [9.17, 15) is 22.8 Å². The normalized spacial score (nSPS) is 14.8. The van der Waals surface area contributed by atoms with E-state index in [0.29, 0.717) is 50.0 Å². The third-order valence-electron chi connectivity index (χ3n) is 4.76. The number of nitrogens with zero attached hydrogens (tertiary/aromatic N) is 2. The van der Waals surface area contributed by atoms with Crippen LogP contribution in [0.3, 0.4) is 0 Å². The van der Waals surface area contributed by atoms with Gasteiger partial charge in [-0.05, 0) is 50.1 Å². The van der Waals surface area contributed by atoms with Crippen LogP contribution in [0, 0.1) is 0 Å². The topological polar surface area (TPSA) is 80.8 Å². The molecule has 0 unspecified atom stereocenters. The maximum Gasteiger partial charge on any atom is 0.417 e. The molecular weight excluding hydrogens is 415 g/mol. The fourth-order valence-corrected chi connectivity index (χ4v) is 3.09. The molecule has 166 valence electrons. The van der Waals surface area contributed by atoms with Gasteiger partial charge in [-0.25, -0.2) is 9.78 Å². The zero-order valence-electron chi connectivity index (χ0n) is 16.8. The van der Waals surface area contributed by atoms with E-state index in [2.05, 4.69) is 10.3 Å². The van der Waals surface area contributed by atoms with Gasteiger partial charge >= 0.3 is 12.3 Å². The van der Waals surface area contributed by atoms with Crippen LogP contribution >= 0.6 is 0 Å². The fourth-order valence-electron chi connectivity index (χ4n) is 3.09. The van der Waals surface area contributed by atoms with Crippen LogP contribution in [-0.2, 0) is 10.9 Å².